The minimum Gasteiger partial charge on any atom is -0.479 e. The smallest absolute Gasteiger partial charge is 0.341 e. The van der Waals surface area contributed by atoms with E-state index in [2.05, 4.69) is 10.5 Å². The fourth-order valence-electron chi connectivity index (χ4n) is 0.785. The Hall–Kier alpha value is -1.92. The van der Waals surface area contributed by atoms with Crippen molar-refractivity contribution >= 4 is 11.9 Å². The second-order valence-corrected chi connectivity index (χ2v) is 2.41. The number of hydrogen-bond donors (Lipinski definition) is 2. The maximum atomic E-state index is 10.6. The van der Waals surface area contributed by atoms with Gasteiger partial charge in [0.05, 0.1) is 0 Å². The van der Waals surface area contributed by atoms with Crippen LogP contribution in [0.5, 0.6) is 0 Å². The molecule has 0 aliphatic heterocycles. The lowest BCUT2D eigenvalue weighted by Gasteiger charge is -1.91. The summed E-state index contributed by atoms with van der Waals surface area (Å²) >= 11 is 0. The molecule has 0 bridgehead atoms. The summed E-state index contributed by atoms with van der Waals surface area (Å²) in [6, 6.07) is 0. The maximum Gasteiger partial charge on any atom is 0.341 e. The van der Waals surface area contributed by atoms with Gasteiger partial charge in [-0.25, -0.2) is 10.2 Å². The molecular weight excluding hydrogens is 176 g/mol. The van der Waals surface area contributed by atoms with Gasteiger partial charge in [-0.2, -0.15) is 0 Å². The van der Waals surface area contributed by atoms with Crippen LogP contribution in [0.15, 0.2) is 12.7 Å². The summed E-state index contributed by atoms with van der Waals surface area (Å²) in [5.41, 5.74) is 2.40. The van der Waals surface area contributed by atoms with E-state index in [9.17, 15) is 9.59 Å². The molecule has 13 heavy (non-hydrogen) atoms. The van der Waals surface area contributed by atoms with Crippen molar-refractivity contribution in [3.63, 3.8) is 0 Å². The van der Waals surface area contributed by atoms with Crippen LogP contribution in [0.3, 0.4) is 0 Å². The quantitative estimate of drug-likeness (QED) is 0.552. The maximum absolute atomic E-state index is 10.6. The number of carbonyl (C=O) groups excluding carboxylic acids is 1. The highest BCUT2D eigenvalue weighted by atomic mass is 16.4. The van der Waals surface area contributed by atoms with Gasteiger partial charge in [0.15, 0.2) is 0 Å². The third kappa shape index (κ3) is 2.89. The number of carboxylic acids is 1. The lowest BCUT2D eigenvalue weighted by Crippen LogP contribution is -2.45. The topological polar surface area (TPSA) is 88.1 Å². The van der Waals surface area contributed by atoms with Crippen LogP contribution in [0.2, 0.25) is 0 Å². The Balaban J connectivity index is 2.63. The van der Waals surface area contributed by atoms with E-state index in [-0.39, 0.29) is 12.5 Å². The van der Waals surface area contributed by atoms with Gasteiger partial charge in [0.25, 0.3) is 6.33 Å². The average molecular weight is 185 g/mol. The van der Waals surface area contributed by atoms with Crippen molar-refractivity contribution in [3.05, 3.63) is 12.7 Å². The highest BCUT2D eigenvalue weighted by Gasteiger charge is 2.09. The van der Waals surface area contributed by atoms with Crippen LogP contribution in [0.4, 0.5) is 0 Å². The van der Waals surface area contributed by atoms with Gasteiger partial charge in [0.1, 0.15) is 0 Å². The SMILES string of the molecule is CC(=O)N[n+]1cnn(CC(=O)O)c1. The zero-order valence-corrected chi connectivity index (χ0v) is 6.97. The fraction of sp³-hybridized carbons (Fsp3) is 0.333. The molecule has 0 aliphatic rings. The number of nitrogens with one attached hydrogen (secondary N) is 1. The van der Waals surface area contributed by atoms with Crippen molar-refractivity contribution in [1.29, 1.82) is 0 Å². The van der Waals surface area contributed by atoms with Crippen LogP contribution in [-0.4, -0.2) is 26.8 Å². The summed E-state index contributed by atoms with van der Waals surface area (Å²) in [7, 11) is 0. The summed E-state index contributed by atoms with van der Waals surface area (Å²) < 4.78 is 2.48. The molecule has 0 aromatic carbocycles. The summed E-state index contributed by atoms with van der Waals surface area (Å²) in [6.45, 7) is 1.12. The van der Waals surface area contributed by atoms with Crippen molar-refractivity contribution in [1.82, 2.24) is 9.78 Å². The predicted octanol–water partition coefficient (Wildman–Crippen LogP) is -1.65. The van der Waals surface area contributed by atoms with E-state index in [1.165, 1.54) is 28.9 Å². The van der Waals surface area contributed by atoms with E-state index in [0.29, 0.717) is 0 Å². The number of aromatic nitrogens is 3. The Morgan fingerprint density at radius 1 is 1.69 bits per heavy atom. The number of nitrogens with zero attached hydrogens (tertiary/aromatic N) is 3. The first-order chi connectivity index (χ1) is 6.08. The molecule has 1 rings (SSSR count). The summed E-state index contributed by atoms with van der Waals surface area (Å²) in [4.78, 5) is 20.8. The number of hydrogen-bond acceptors (Lipinski definition) is 3. The van der Waals surface area contributed by atoms with Gasteiger partial charge in [-0.15, -0.1) is 9.36 Å². The summed E-state index contributed by atoms with van der Waals surface area (Å²) in [5.74, 6) is -1.24. The average Bonchev–Trinajstić information content (AvgIpc) is 2.33. The summed E-state index contributed by atoms with van der Waals surface area (Å²) in [6.07, 6.45) is 2.68. The molecule has 2 N–H and O–H groups in total. The van der Waals surface area contributed by atoms with Crippen LogP contribution in [0.1, 0.15) is 6.92 Å². The largest absolute Gasteiger partial charge is 0.479 e. The number of carbonyl (C=O) groups is 2. The molecule has 0 unspecified atom stereocenters. The molecule has 0 spiro atoms. The molecule has 7 heteroatoms. The number of aliphatic carboxylic acids is 1. The second kappa shape index (κ2) is 3.65. The van der Waals surface area contributed by atoms with Gasteiger partial charge in [-0.1, -0.05) is 0 Å². The van der Waals surface area contributed by atoms with E-state index >= 15 is 0 Å². The van der Waals surface area contributed by atoms with Crippen LogP contribution in [-0.2, 0) is 16.1 Å². The zero-order chi connectivity index (χ0) is 9.84. The van der Waals surface area contributed by atoms with E-state index in [1.807, 2.05) is 0 Å². The molecule has 0 aliphatic carbocycles. The molecule has 0 saturated heterocycles. The first-order valence-corrected chi connectivity index (χ1v) is 3.51. The molecule has 1 amide bonds. The van der Waals surface area contributed by atoms with E-state index in [4.69, 9.17) is 5.11 Å². The molecule has 70 valence electrons. The number of rotatable bonds is 3. The third-order valence-corrected chi connectivity index (χ3v) is 1.17. The monoisotopic (exact) mass is 185 g/mol. The van der Waals surface area contributed by atoms with Gasteiger partial charge >= 0.3 is 5.97 Å². The first kappa shape index (κ1) is 9.17. The molecule has 1 heterocycles. The zero-order valence-electron chi connectivity index (χ0n) is 6.97. The Labute approximate surface area is 73.6 Å². The molecule has 1 aromatic heterocycles. The van der Waals surface area contributed by atoms with Gasteiger partial charge in [-0.05, 0) is 0 Å². The molecule has 0 radical (unpaired) electrons. The second-order valence-electron chi connectivity index (χ2n) is 2.41. The minimum absolute atomic E-state index is 0.230. The number of amides is 1. The van der Waals surface area contributed by atoms with Gasteiger partial charge < -0.3 is 5.11 Å². The normalized spacial score (nSPS) is 9.62. The van der Waals surface area contributed by atoms with Crippen LogP contribution >= 0.6 is 0 Å². The Morgan fingerprint density at radius 3 is 2.92 bits per heavy atom. The van der Waals surface area contributed by atoms with E-state index in [0.717, 1.165) is 0 Å². The molecule has 7 nitrogen and oxygen atoms in total. The van der Waals surface area contributed by atoms with Crippen molar-refractivity contribution < 1.29 is 19.4 Å². The summed E-state index contributed by atoms with van der Waals surface area (Å²) in [5, 5.41) is 12.1. The Kier molecular flexibility index (Phi) is 2.58. The van der Waals surface area contributed by atoms with Gasteiger partial charge in [-0.3, -0.25) is 4.79 Å². The highest BCUT2D eigenvalue weighted by molar-refractivity contribution is 5.79. The number of carboxylic acid groups (broad SMARTS) is 1. The van der Waals surface area contributed by atoms with Gasteiger partial charge in [0, 0.05) is 12.0 Å². The van der Waals surface area contributed by atoms with Crippen molar-refractivity contribution in [2.24, 2.45) is 0 Å². The minimum atomic E-state index is -0.988. The molecule has 0 atom stereocenters. The van der Waals surface area contributed by atoms with Crippen molar-refractivity contribution in [2.75, 3.05) is 5.43 Å². The van der Waals surface area contributed by atoms with Gasteiger partial charge in [0.2, 0.25) is 18.8 Å². The van der Waals surface area contributed by atoms with Crippen LogP contribution < -0.4 is 10.1 Å². The Morgan fingerprint density at radius 2 is 2.38 bits per heavy atom. The molecule has 0 saturated carbocycles. The Bertz CT molecular complexity index is 302. The highest BCUT2D eigenvalue weighted by Crippen LogP contribution is 1.77. The fourth-order valence-corrected chi connectivity index (χ4v) is 0.785. The first-order valence-electron chi connectivity index (χ1n) is 3.51. The van der Waals surface area contributed by atoms with Crippen LogP contribution in [0.25, 0.3) is 0 Å². The lowest BCUT2D eigenvalue weighted by atomic mass is 10.7. The third-order valence-electron chi connectivity index (χ3n) is 1.17. The lowest BCUT2D eigenvalue weighted by molar-refractivity contribution is -0.643. The molecule has 1 aromatic rings. The van der Waals surface area contributed by atoms with Crippen molar-refractivity contribution in [2.45, 2.75) is 13.5 Å². The standard InChI is InChI=1S/C6H8N4O3/c1-5(11)8-10-3-7-9(4-10)2-6(12)13/h3-4H,2H2,1H3,(H-,8,11,12,13)/p+1. The molecular formula is C6H9N4O3+. The van der Waals surface area contributed by atoms with Crippen molar-refractivity contribution in [3.8, 4) is 0 Å². The predicted molar refractivity (Wildman–Crippen MR) is 40.1 cm³/mol. The molecule has 0 fully saturated rings. The van der Waals surface area contributed by atoms with Crippen LogP contribution in [0, 0.1) is 0 Å². The van der Waals surface area contributed by atoms with E-state index in [1.54, 1.807) is 0 Å². The van der Waals surface area contributed by atoms with E-state index < -0.39 is 5.97 Å².